The first-order valence-electron chi connectivity index (χ1n) is 13.4. The summed E-state index contributed by atoms with van der Waals surface area (Å²) in [7, 11) is 3.25. The van der Waals surface area contributed by atoms with Crippen molar-refractivity contribution in [2.45, 2.75) is 111 Å². The van der Waals surface area contributed by atoms with E-state index in [-0.39, 0.29) is 6.10 Å². The number of allylic oxidation sites excluding steroid dienone is 1. The van der Waals surface area contributed by atoms with E-state index in [1.807, 2.05) is 0 Å². The molecule has 4 aliphatic rings. The molecule has 4 rings (SSSR count). The Kier molecular flexibility index (Phi) is 8.39. The topological polar surface area (TPSA) is 29.5 Å². The number of rotatable bonds is 5. The van der Waals surface area contributed by atoms with Crippen LogP contribution in [-0.2, 0) is 4.74 Å². The van der Waals surface area contributed by atoms with Crippen LogP contribution < -0.4 is 0 Å². The van der Waals surface area contributed by atoms with Gasteiger partial charge in [-0.05, 0) is 97.7 Å². The molecule has 8 atom stereocenters. The third-order valence-electron chi connectivity index (χ3n) is 10.3. The maximum Gasteiger partial charge on any atom is 0.0577 e. The van der Waals surface area contributed by atoms with E-state index in [9.17, 15) is 5.11 Å². The Morgan fingerprint density at radius 2 is 1.71 bits per heavy atom. The summed E-state index contributed by atoms with van der Waals surface area (Å²) >= 11 is 0. The largest absolute Gasteiger partial charge is 0.393 e. The summed E-state index contributed by atoms with van der Waals surface area (Å²) in [5, 5.41) is 10.2. The van der Waals surface area contributed by atoms with Gasteiger partial charge in [-0.25, -0.2) is 0 Å². The van der Waals surface area contributed by atoms with Gasteiger partial charge < -0.3 is 9.84 Å². The molecule has 0 aromatic rings. The van der Waals surface area contributed by atoms with Crippen molar-refractivity contribution < 1.29 is 9.84 Å². The number of methoxy groups -OCH3 is 1. The van der Waals surface area contributed by atoms with Crippen LogP contribution in [0.2, 0.25) is 0 Å². The van der Waals surface area contributed by atoms with Gasteiger partial charge >= 0.3 is 0 Å². The molecule has 1 unspecified atom stereocenters. The average molecular weight is 433 g/mol. The summed E-state index contributed by atoms with van der Waals surface area (Å²) in [5.41, 5.74) is 2.60. The summed E-state index contributed by atoms with van der Waals surface area (Å²) < 4.78 is 4.25. The van der Waals surface area contributed by atoms with Crippen molar-refractivity contribution in [2.24, 2.45) is 46.3 Å². The summed E-state index contributed by atoms with van der Waals surface area (Å²) in [5.74, 6) is 5.46. The molecule has 1 N–H and O–H groups in total. The lowest BCUT2D eigenvalue weighted by Crippen LogP contribution is -2.50. The van der Waals surface area contributed by atoms with E-state index >= 15 is 0 Å². The van der Waals surface area contributed by atoms with E-state index in [0.717, 1.165) is 48.3 Å². The zero-order valence-corrected chi connectivity index (χ0v) is 21.8. The maximum absolute atomic E-state index is 10.2. The van der Waals surface area contributed by atoms with Crippen LogP contribution in [0.1, 0.15) is 105 Å². The van der Waals surface area contributed by atoms with E-state index in [2.05, 4.69) is 45.4 Å². The minimum atomic E-state index is -0.0766. The SMILES string of the molecule is CC(C)CCCC(C)[C@H]1CC[C@H]2[C@@H]3CC=C4C[C@@H](O)CC[C@]4(C)[C@H]3CC[C@]12C.COC. The minimum Gasteiger partial charge on any atom is -0.393 e. The van der Waals surface area contributed by atoms with Gasteiger partial charge in [0.25, 0.3) is 0 Å². The molecule has 3 fully saturated rings. The monoisotopic (exact) mass is 432 g/mol. The lowest BCUT2D eigenvalue weighted by Gasteiger charge is -2.58. The first kappa shape index (κ1) is 25.3. The fraction of sp³-hybridized carbons (Fsp3) is 0.931. The van der Waals surface area contributed by atoms with Crippen LogP contribution in [0.3, 0.4) is 0 Å². The van der Waals surface area contributed by atoms with E-state index < -0.39 is 0 Å². The first-order chi connectivity index (χ1) is 14.7. The minimum absolute atomic E-state index is 0.0766. The van der Waals surface area contributed by atoms with Crippen LogP contribution in [0.5, 0.6) is 0 Å². The van der Waals surface area contributed by atoms with Crippen molar-refractivity contribution in [3.63, 3.8) is 0 Å². The Hall–Kier alpha value is -0.340. The Morgan fingerprint density at radius 3 is 2.39 bits per heavy atom. The van der Waals surface area contributed by atoms with Crippen molar-refractivity contribution in [1.82, 2.24) is 0 Å². The molecule has 0 spiro atoms. The number of ether oxygens (including phenoxy) is 1. The predicted octanol–water partition coefficient (Wildman–Crippen LogP) is 7.65. The Labute approximate surface area is 193 Å². The lowest BCUT2D eigenvalue weighted by atomic mass is 9.47. The fourth-order valence-electron chi connectivity index (χ4n) is 8.67. The summed E-state index contributed by atoms with van der Waals surface area (Å²) in [6, 6.07) is 0. The molecular formula is C29H52O2. The molecule has 180 valence electrons. The standard InChI is InChI=1S/C27H46O.C2H6O/c1-18(2)7-6-8-19(3)23-11-12-24-22-10-9-20-17-21(28)13-15-26(20,4)25(22)14-16-27(23,24)5;1-3-2/h9,18-19,21-25,28H,6-8,10-17H2,1-5H3;1-2H3/t19?,21-,22-,23+,24-,25-,26-,27+;/m0./s1. The van der Waals surface area contributed by atoms with Crippen LogP contribution in [0.25, 0.3) is 0 Å². The highest BCUT2D eigenvalue weighted by Crippen LogP contribution is 2.67. The summed E-state index contributed by atoms with van der Waals surface area (Å²) in [6.45, 7) is 12.6. The second-order valence-corrected chi connectivity index (χ2v) is 12.6. The van der Waals surface area contributed by atoms with Gasteiger partial charge in [0.15, 0.2) is 0 Å². The molecule has 2 heteroatoms. The number of hydrogen-bond donors (Lipinski definition) is 1. The predicted molar refractivity (Wildman–Crippen MR) is 132 cm³/mol. The molecule has 0 amide bonds. The maximum atomic E-state index is 10.2. The highest BCUT2D eigenvalue weighted by molar-refractivity contribution is 5.25. The van der Waals surface area contributed by atoms with Crippen molar-refractivity contribution >= 4 is 0 Å². The second kappa shape index (κ2) is 10.3. The molecule has 31 heavy (non-hydrogen) atoms. The Balaban J connectivity index is 0.000000858. The number of aliphatic hydroxyl groups excluding tert-OH is 1. The Bertz CT molecular complexity index is 610. The zero-order chi connectivity index (χ0) is 22.8. The molecule has 2 nitrogen and oxygen atoms in total. The van der Waals surface area contributed by atoms with E-state index in [1.165, 1.54) is 57.8 Å². The number of hydrogen-bond acceptors (Lipinski definition) is 2. The van der Waals surface area contributed by atoms with Crippen LogP contribution in [0.15, 0.2) is 11.6 Å². The van der Waals surface area contributed by atoms with Gasteiger partial charge in [0.05, 0.1) is 6.10 Å². The first-order valence-corrected chi connectivity index (χ1v) is 13.4. The third kappa shape index (κ3) is 4.96. The highest BCUT2D eigenvalue weighted by atomic mass is 16.4. The molecule has 0 saturated heterocycles. The second-order valence-electron chi connectivity index (χ2n) is 12.6. The molecule has 0 bridgehead atoms. The fourth-order valence-corrected chi connectivity index (χ4v) is 8.67. The molecule has 4 aliphatic carbocycles. The van der Waals surface area contributed by atoms with Crippen molar-refractivity contribution in [3.05, 3.63) is 11.6 Å². The van der Waals surface area contributed by atoms with Gasteiger partial charge in [-0.15, -0.1) is 0 Å². The molecule has 0 heterocycles. The summed E-state index contributed by atoms with van der Waals surface area (Å²) in [6.07, 6.45) is 17.2. The quantitative estimate of drug-likeness (QED) is 0.452. The number of aliphatic hydroxyl groups is 1. The van der Waals surface area contributed by atoms with Crippen molar-refractivity contribution in [1.29, 1.82) is 0 Å². The van der Waals surface area contributed by atoms with E-state index in [0.29, 0.717) is 10.8 Å². The molecule has 0 aliphatic heterocycles. The van der Waals surface area contributed by atoms with E-state index in [1.54, 1.807) is 19.8 Å². The van der Waals surface area contributed by atoms with Crippen molar-refractivity contribution in [3.8, 4) is 0 Å². The van der Waals surface area contributed by atoms with E-state index in [4.69, 9.17) is 0 Å². The van der Waals surface area contributed by atoms with Gasteiger partial charge in [-0.1, -0.05) is 65.5 Å². The van der Waals surface area contributed by atoms with Crippen LogP contribution in [0.4, 0.5) is 0 Å². The molecule has 0 radical (unpaired) electrons. The molecule has 0 aromatic carbocycles. The van der Waals surface area contributed by atoms with Crippen LogP contribution >= 0.6 is 0 Å². The van der Waals surface area contributed by atoms with Gasteiger partial charge in [0, 0.05) is 14.2 Å². The lowest BCUT2D eigenvalue weighted by molar-refractivity contribution is -0.0573. The molecule has 3 saturated carbocycles. The van der Waals surface area contributed by atoms with Crippen LogP contribution in [0, 0.1) is 46.3 Å². The van der Waals surface area contributed by atoms with Crippen molar-refractivity contribution in [2.75, 3.05) is 14.2 Å². The van der Waals surface area contributed by atoms with Gasteiger partial charge in [0.2, 0.25) is 0 Å². The average Bonchev–Trinajstić information content (AvgIpc) is 3.06. The third-order valence-corrected chi connectivity index (χ3v) is 10.3. The highest BCUT2D eigenvalue weighted by Gasteiger charge is 2.59. The molecule has 0 aromatic heterocycles. The van der Waals surface area contributed by atoms with Crippen LogP contribution in [-0.4, -0.2) is 25.4 Å². The van der Waals surface area contributed by atoms with Gasteiger partial charge in [-0.2, -0.15) is 0 Å². The normalized spacial score (nSPS) is 42.6. The Morgan fingerprint density at radius 1 is 1.00 bits per heavy atom. The summed E-state index contributed by atoms with van der Waals surface area (Å²) in [4.78, 5) is 0. The zero-order valence-electron chi connectivity index (χ0n) is 21.8. The smallest absolute Gasteiger partial charge is 0.0577 e. The van der Waals surface area contributed by atoms with Gasteiger partial charge in [-0.3, -0.25) is 0 Å². The number of fused-ring (bicyclic) bond motifs is 5. The van der Waals surface area contributed by atoms with Gasteiger partial charge in [0.1, 0.15) is 0 Å². The molecular weight excluding hydrogens is 380 g/mol.